The molecule has 1 aromatic rings. The van der Waals surface area contributed by atoms with E-state index in [1.54, 1.807) is 11.3 Å². The first-order chi connectivity index (χ1) is 6.34. The highest BCUT2D eigenvalue weighted by molar-refractivity contribution is 14.1. The van der Waals surface area contributed by atoms with Gasteiger partial charge < -0.3 is 5.32 Å². The molecule has 1 aliphatic heterocycles. The van der Waals surface area contributed by atoms with Gasteiger partial charge in [-0.2, -0.15) is 0 Å². The molecule has 1 aromatic heterocycles. The van der Waals surface area contributed by atoms with Gasteiger partial charge in [-0.25, -0.2) is 4.98 Å². The molecule has 3 nitrogen and oxygen atoms in total. The lowest BCUT2D eigenvalue weighted by molar-refractivity contribution is 0.233. The molecule has 0 unspecified atom stereocenters. The second kappa shape index (κ2) is 4.68. The third-order valence-corrected chi connectivity index (χ3v) is 3.80. The minimum absolute atomic E-state index is 1.02. The summed E-state index contributed by atoms with van der Waals surface area (Å²) in [6.07, 6.45) is 1.95. The van der Waals surface area contributed by atoms with Gasteiger partial charge in [0.25, 0.3) is 0 Å². The maximum Gasteiger partial charge on any atom is 0.108 e. The van der Waals surface area contributed by atoms with Gasteiger partial charge in [0, 0.05) is 26.2 Å². The Kier molecular flexibility index (Phi) is 3.53. The predicted octanol–water partition coefficient (Wildman–Crippen LogP) is 1.15. The van der Waals surface area contributed by atoms with E-state index in [1.165, 1.54) is 7.89 Å². The number of rotatable bonds is 2. The third-order valence-electron chi connectivity index (χ3n) is 2.09. The number of nitrogens with zero attached hydrogens (tertiary/aromatic N) is 2. The lowest BCUT2D eigenvalue weighted by Gasteiger charge is -2.25. The van der Waals surface area contributed by atoms with Crippen LogP contribution in [0.15, 0.2) is 6.20 Å². The van der Waals surface area contributed by atoms with Crippen molar-refractivity contribution in [3.63, 3.8) is 0 Å². The summed E-state index contributed by atoms with van der Waals surface area (Å²) >= 11 is 4.11. The normalized spacial score (nSPS) is 19.2. The molecular formula is C8H12IN3S. The predicted molar refractivity (Wildman–Crippen MR) is 63.0 cm³/mol. The van der Waals surface area contributed by atoms with Crippen LogP contribution in [0.25, 0.3) is 0 Å². The van der Waals surface area contributed by atoms with Crippen molar-refractivity contribution in [2.75, 3.05) is 26.2 Å². The summed E-state index contributed by atoms with van der Waals surface area (Å²) < 4.78 is 1.28. The van der Waals surface area contributed by atoms with Crippen LogP contribution < -0.4 is 5.32 Å². The fraction of sp³-hybridized carbons (Fsp3) is 0.625. The summed E-state index contributed by atoms with van der Waals surface area (Å²) in [4.78, 5) is 6.81. The van der Waals surface area contributed by atoms with Gasteiger partial charge in [-0.15, -0.1) is 11.3 Å². The molecule has 0 aliphatic carbocycles. The van der Waals surface area contributed by atoms with Crippen LogP contribution in [0.5, 0.6) is 0 Å². The van der Waals surface area contributed by atoms with Gasteiger partial charge >= 0.3 is 0 Å². The Balaban J connectivity index is 1.89. The lowest BCUT2D eigenvalue weighted by Crippen LogP contribution is -2.42. The molecule has 0 spiro atoms. The number of nitrogens with one attached hydrogen (secondary N) is 1. The fourth-order valence-corrected chi connectivity index (χ4v) is 3.01. The quantitative estimate of drug-likeness (QED) is 0.831. The first-order valence-electron chi connectivity index (χ1n) is 4.38. The zero-order valence-electron chi connectivity index (χ0n) is 7.29. The standard InChI is InChI=1S/C8H12IN3S/c9-7-5-11-8(13-7)6-12-3-1-10-2-4-12/h5,10H,1-4,6H2. The zero-order chi connectivity index (χ0) is 9.10. The summed E-state index contributed by atoms with van der Waals surface area (Å²) in [6.45, 7) is 5.55. The van der Waals surface area contributed by atoms with Crippen LogP contribution >= 0.6 is 33.9 Å². The molecule has 0 aromatic carbocycles. The van der Waals surface area contributed by atoms with Gasteiger partial charge in [-0.3, -0.25) is 4.90 Å². The van der Waals surface area contributed by atoms with Crippen LogP contribution in [0.4, 0.5) is 0 Å². The van der Waals surface area contributed by atoms with Crippen molar-refractivity contribution in [3.8, 4) is 0 Å². The van der Waals surface area contributed by atoms with Crippen molar-refractivity contribution in [1.29, 1.82) is 0 Å². The highest BCUT2D eigenvalue weighted by Gasteiger charge is 2.11. The van der Waals surface area contributed by atoms with Crippen LogP contribution in [-0.2, 0) is 6.54 Å². The van der Waals surface area contributed by atoms with Gasteiger partial charge in [0.15, 0.2) is 0 Å². The lowest BCUT2D eigenvalue weighted by atomic mass is 10.4. The van der Waals surface area contributed by atoms with Crippen LogP contribution in [0.1, 0.15) is 5.01 Å². The first-order valence-corrected chi connectivity index (χ1v) is 6.27. The van der Waals surface area contributed by atoms with Crippen molar-refractivity contribution in [3.05, 3.63) is 14.1 Å². The number of hydrogen-bond donors (Lipinski definition) is 1. The van der Waals surface area contributed by atoms with Crippen LogP contribution in [0.2, 0.25) is 0 Å². The highest BCUT2D eigenvalue weighted by atomic mass is 127. The third kappa shape index (κ3) is 2.87. The molecular weight excluding hydrogens is 297 g/mol. The number of hydrogen-bond acceptors (Lipinski definition) is 4. The minimum atomic E-state index is 1.02. The number of aromatic nitrogens is 1. The molecule has 2 rings (SSSR count). The maximum atomic E-state index is 4.36. The largest absolute Gasteiger partial charge is 0.314 e. The Morgan fingerprint density at radius 3 is 2.92 bits per heavy atom. The zero-order valence-corrected chi connectivity index (χ0v) is 10.3. The van der Waals surface area contributed by atoms with Crippen molar-refractivity contribution in [2.45, 2.75) is 6.54 Å². The second-order valence-electron chi connectivity index (χ2n) is 3.08. The van der Waals surface area contributed by atoms with Crippen molar-refractivity contribution in [2.24, 2.45) is 0 Å². The fourth-order valence-electron chi connectivity index (χ4n) is 1.42. The average Bonchev–Trinajstić information content (AvgIpc) is 2.53. The Morgan fingerprint density at radius 2 is 2.31 bits per heavy atom. The number of thiazole rings is 1. The van der Waals surface area contributed by atoms with Crippen molar-refractivity contribution < 1.29 is 0 Å². The van der Waals surface area contributed by atoms with E-state index < -0.39 is 0 Å². The summed E-state index contributed by atoms with van der Waals surface area (Å²) in [7, 11) is 0. The molecule has 1 aliphatic rings. The van der Waals surface area contributed by atoms with Crippen LogP contribution in [-0.4, -0.2) is 36.1 Å². The SMILES string of the molecule is Ic1cnc(CN2CCNCC2)s1. The molecule has 1 N–H and O–H groups in total. The monoisotopic (exact) mass is 309 g/mol. The Morgan fingerprint density at radius 1 is 1.54 bits per heavy atom. The maximum absolute atomic E-state index is 4.36. The minimum Gasteiger partial charge on any atom is -0.314 e. The van der Waals surface area contributed by atoms with E-state index >= 15 is 0 Å². The molecule has 0 saturated carbocycles. The first kappa shape index (κ1) is 9.82. The summed E-state index contributed by atoms with van der Waals surface area (Å²) in [5.74, 6) is 0. The van der Waals surface area contributed by atoms with Crippen molar-refractivity contribution >= 4 is 33.9 Å². The molecule has 1 saturated heterocycles. The summed E-state index contributed by atoms with van der Waals surface area (Å²) in [5.41, 5.74) is 0. The number of piperazine rings is 1. The molecule has 0 bridgehead atoms. The summed E-state index contributed by atoms with van der Waals surface area (Å²) in [5, 5.41) is 4.59. The van der Waals surface area contributed by atoms with Gasteiger partial charge in [-0.1, -0.05) is 0 Å². The van der Waals surface area contributed by atoms with E-state index in [9.17, 15) is 0 Å². The molecule has 5 heteroatoms. The molecule has 0 amide bonds. The summed E-state index contributed by atoms with van der Waals surface area (Å²) in [6, 6.07) is 0. The molecule has 1 fully saturated rings. The molecule has 72 valence electrons. The van der Waals surface area contributed by atoms with Gasteiger partial charge in [0.2, 0.25) is 0 Å². The van der Waals surface area contributed by atoms with Crippen molar-refractivity contribution in [1.82, 2.24) is 15.2 Å². The number of halogens is 1. The van der Waals surface area contributed by atoms with E-state index in [0.29, 0.717) is 0 Å². The van der Waals surface area contributed by atoms with E-state index in [2.05, 4.69) is 37.8 Å². The smallest absolute Gasteiger partial charge is 0.108 e. The Bertz CT molecular complexity index is 270. The molecule has 0 radical (unpaired) electrons. The van der Waals surface area contributed by atoms with Gasteiger partial charge in [0.1, 0.15) is 5.01 Å². The van der Waals surface area contributed by atoms with Gasteiger partial charge in [-0.05, 0) is 22.6 Å². The Labute approximate surface area is 95.7 Å². The van der Waals surface area contributed by atoms with E-state index in [4.69, 9.17) is 0 Å². The average molecular weight is 309 g/mol. The van der Waals surface area contributed by atoms with E-state index in [0.717, 1.165) is 32.7 Å². The molecule has 0 atom stereocenters. The second-order valence-corrected chi connectivity index (χ2v) is 6.09. The van der Waals surface area contributed by atoms with E-state index in [1.807, 2.05) is 6.20 Å². The molecule has 2 heterocycles. The van der Waals surface area contributed by atoms with E-state index in [-0.39, 0.29) is 0 Å². The van der Waals surface area contributed by atoms with Gasteiger partial charge in [0.05, 0.1) is 15.6 Å². The highest BCUT2D eigenvalue weighted by Crippen LogP contribution is 2.16. The Hall–Kier alpha value is 0.280. The van der Waals surface area contributed by atoms with Crippen LogP contribution in [0, 0.1) is 2.88 Å². The molecule has 13 heavy (non-hydrogen) atoms. The van der Waals surface area contributed by atoms with Crippen LogP contribution in [0.3, 0.4) is 0 Å². The topological polar surface area (TPSA) is 28.2 Å².